The fourth-order valence-corrected chi connectivity index (χ4v) is 2.26. The molecule has 0 saturated heterocycles. The van der Waals surface area contributed by atoms with Crippen molar-refractivity contribution in [2.24, 2.45) is 0 Å². The maximum atomic E-state index is 12.4. The molecule has 0 aromatic heterocycles. The Morgan fingerprint density at radius 2 is 1.67 bits per heavy atom. The van der Waals surface area contributed by atoms with Crippen molar-refractivity contribution in [3.63, 3.8) is 0 Å². The van der Waals surface area contributed by atoms with Gasteiger partial charge in [-0.3, -0.25) is 9.59 Å². The molecule has 0 aliphatic heterocycles. The molecule has 2 aromatic carbocycles. The molecule has 1 atom stereocenters. The number of nitrogens with one attached hydrogen (secondary N) is 1. The van der Waals surface area contributed by atoms with Crippen LogP contribution in [0.2, 0.25) is 0 Å². The Hall–Kier alpha value is -2.82. The topological polar surface area (TPSA) is 64.6 Å². The van der Waals surface area contributed by atoms with Crippen molar-refractivity contribution in [2.45, 2.75) is 26.0 Å². The largest absolute Gasteiger partial charge is 0.497 e. The molecule has 1 N–H and O–H groups in total. The zero-order valence-electron chi connectivity index (χ0n) is 13.8. The third-order valence-corrected chi connectivity index (χ3v) is 3.49. The molecule has 0 bridgehead atoms. The number of methoxy groups -OCH3 is 1. The van der Waals surface area contributed by atoms with Gasteiger partial charge in [0.2, 0.25) is 0 Å². The molecule has 0 radical (unpaired) electrons. The maximum absolute atomic E-state index is 12.4. The smallest absolute Gasteiger partial charge is 0.303 e. The summed E-state index contributed by atoms with van der Waals surface area (Å²) in [6.07, 6.45) is -0.502. The molecule has 5 nitrogen and oxygen atoms in total. The van der Waals surface area contributed by atoms with Crippen molar-refractivity contribution in [1.82, 2.24) is 5.32 Å². The molecular weight excluding hydrogens is 306 g/mol. The van der Waals surface area contributed by atoms with Crippen LogP contribution in [0.3, 0.4) is 0 Å². The lowest BCUT2D eigenvalue weighted by Crippen LogP contribution is -2.38. The van der Waals surface area contributed by atoms with Crippen molar-refractivity contribution >= 4 is 11.9 Å². The Bertz CT molecular complexity index is 668. The third kappa shape index (κ3) is 5.43. The van der Waals surface area contributed by atoms with E-state index >= 15 is 0 Å². The number of amides is 1. The van der Waals surface area contributed by atoms with Crippen LogP contribution in [0.25, 0.3) is 0 Å². The molecule has 1 amide bonds. The van der Waals surface area contributed by atoms with Crippen LogP contribution >= 0.6 is 0 Å². The Labute approximate surface area is 141 Å². The standard InChI is InChI=1S/C19H21NO4/c1-14(21)24-18(12-15-6-4-3-5-7-15)19(22)20-13-16-8-10-17(23-2)11-9-16/h3-11,18H,12-13H2,1-2H3,(H,20,22). The highest BCUT2D eigenvalue weighted by atomic mass is 16.5. The number of esters is 1. The van der Waals surface area contributed by atoms with Crippen LogP contribution in [-0.2, 0) is 27.3 Å². The number of carbonyl (C=O) groups excluding carboxylic acids is 2. The van der Waals surface area contributed by atoms with Gasteiger partial charge in [-0.2, -0.15) is 0 Å². The van der Waals surface area contributed by atoms with E-state index in [1.165, 1.54) is 6.92 Å². The highest BCUT2D eigenvalue weighted by molar-refractivity contribution is 5.83. The monoisotopic (exact) mass is 327 g/mol. The van der Waals surface area contributed by atoms with E-state index in [4.69, 9.17) is 9.47 Å². The SMILES string of the molecule is COc1ccc(CNC(=O)C(Cc2ccccc2)OC(C)=O)cc1. The number of rotatable bonds is 7. The lowest BCUT2D eigenvalue weighted by molar-refractivity contribution is -0.153. The van der Waals surface area contributed by atoms with Gasteiger partial charge in [-0.25, -0.2) is 0 Å². The lowest BCUT2D eigenvalue weighted by atomic mass is 10.1. The zero-order chi connectivity index (χ0) is 17.4. The molecule has 0 aliphatic carbocycles. The van der Waals surface area contributed by atoms with Crippen molar-refractivity contribution in [3.05, 3.63) is 65.7 Å². The molecule has 0 spiro atoms. The van der Waals surface area contributed by atoms with E-state index in [-0.39, 0.29) is 5.91 Å². The maximum Gasteiger partial charge on any atom is 0.303 e. The van der Waals surface area contributed by atoms with Gasteiger partial charge in [-0.1, -0.05) is 42.5 Å². The summed E-state index contributed by atoms with van der Waals surface area (Å²) in [5.41, 5.74) is 1.87. The third-order valence-electron chi connectivity index (χ3n) is 3.49. The van der Waals surface area contributed by atoms with Crippen molar-refractivity contribution in [3.8, 4) is 5.75 Å². The molecule has 126 valence electrons. The Morgan fingerprint density at radius 3 is 2.25 bits per heavy atom. The summed E-state index contributed by atoms with van der Waals surface area (Å²) in [5.74, 6) is -0.0349. The Morgan fingerprint density at radius 1 is 1.00 bits per heavy atom. The second-order valence-corrected chi connectivity index (χ2v) is 5.35. The zero-order valence-corrected chi connectivity index (χ0v) is 13.8. The van der Waals surface area contributed by atoms with Crippen LogP contribution in [0.4, 0.5) is 0 Å². The van der Waals surface area contributed by atoms with Gasteiger partial charge in [-0.15, -0.1) is 0 Å². The number of hydrogen-bond donors (Lipinski definition) is 1. The molecule has 0 heterocycles. The molecule has 5 heteroatoms. The molecule has 0 aliphatic rings. The minimum absolute atomic E-state index is 0.315. The van der Waals surface area contributed by atoms with E-state index in [0.29, 0.717) is 13.0 Å². The fourth-order valence-electron chi connectivity index (χ4n) is 2.26. The average molecular weight is 327 g/mol. The van der Waals surface area contributed by atoms with Gasteiger partial charge >= 0.3 is 5.97 Å². The van der Waals surface area contributed by atoms with Crippen LogP contribution in [-0.4, -0.2) is 25.1 Å². The van der Waals surface area contributed by atoms with Gasteiger partial charge in [0, 0.05) is 19.9 Å². The van der Waals surface area contributed by atoms with Gasteiger partial charge < -0.3 is 14.8 Å². The molecule has 2 aromatic rings. The quantitative estimate of drug-likeness (QED) is 0.794. The summed E-state index contributed by atoms with van der Waals surface area (Å²) in [6.45, 7) is 1.66. The van der Waals surface area contributed by atoms with E-state index in [2.05, 4.69) is 5.32 Å². The van der Waals surface area contributed by atoms with Crippen LogP contribution in [0, 0.1) is 0 Å². The van der Waals surface area contributed by atoms with Crippen LogP contribution in [0.5, 0.6) is 5.75 Å². The Kier molecular flexibility index (Phi) is 6.37. The minimum atomic E-state index is -0.844. The summed E-state index contributed by atoms with van der Waals surface area (Å²) in [7, 11) is 1.60. The molecule has 2 rings (SSSR count). The average Bonchev–Trinajstić information content (AvgIpc) is 2.60. The Balaban J connectivity index is 1.97. The summed E-state index contributed by atoms with van der Waals surface area (Å²) < 4.78 is 10.3. The summed E-state index contributed by atoms with van der Waals surface area (Å²) >= 11 is 0. The van der Waals surface area contributed by atoms with Gasteiger partial charge in [0.25, 0.3) is 5.91 Å². The highest BCUT2D eigenvalue weighted by Crippen LogP contribution is 2.11. The molecule has 24 heavy (non-hydrogen) atoms. The van der Waals surface area contributed by atoms with E-state index in [0.717, 1.165) is 16.9 Å². The molecular formula is C19H21NO4. The van der Waals surface area contributed by atoms with E-state index < -0.39 is 12.1 Å². The first-order valence-electron chi connectivity index (χ1n) is 7.70. The predicted molar refractivity (Wildman–Crippen MR) is 90.5 cm³/mol. The second-order valence-electron chi connectivity index (χ2n) is 5.35. The summed E-state index contributed by atoms with van der Waals surface area (Å²) in [5, 5.41) is 2.81. The van der Waals surface area contributed by atoms with E-state index in [1.807, 2.05) is 54.6 Å². The van der Waals surface area contributed by atoms with Gasteiger partial charge in [0.15, 0.2) is 6.10 Å². The molecule has 1 unspecified atom stereocenters. The van der Waals surface area contributed by atoms with Gasteiger partial charge in [0.05, 0.1) is 7.11 Å². The molecule has 0 saturated carbocycles. The first-order chi connectivity index (χ1) is 11.6. The normalized spacial score (nSPS) is 11.4. The molecule has 0 fully saturated rings. The van der Waals surface area contributed by atoms with Gasteiger partial charge in [-0.05, 0) is 23.3 Å². The second kappa shape index (κ2) is 8.72. The fraction of sp³-hybridized carbons (Fsp3) is 0.263. The van der Waals surface area contributed by atoms with Gasteiger partial charge in [0.1, 0.15) is 5.75 Å². The number of ether oxygens (including phenoxy) is 2. The van der Waals surface area contributed by atoms with Crippen LogP contribution in [0.15, 0.2) is 54.6 Å². The summed E-state index contributed by atoms with van der Waals surface area (Å²) in [6, 6.07) is 16.9. The lowest BCUT2D eigenvalue weighted by Gasteiger charge is -2.17. The van der Waals surface area contributed by atoms with Crippen molar-refractivity contribution in [2.75, 3.05) is 7.11 Å². The first kappa shape index (κ1) is 17.5. The summed E-state index contributed by atoms with van der Waals surface area (Å²) in [4.78, 5) is 23.6. The van der Waals surface area contributed by atoms with E-state index in [9.17, 15) is 9.59 Å². The van der Waals surface area contributed by atoms with Crippen LogP contribution < -0.4 is 10.1 Å². The number of hydrogen-bond acceptors (Lipinski definition) is 4. The number of benzene rings is 2. The predicted octanol–water partition coefficient (Wildman–Crippen LogP) is 2.49. The van der Waals surface area contributed by atoms with Crippen LogP contribution in [0.1, 0.15) is 18.1 Å². The number of carbonyl (C=O) groups is 2. The highest BCUT2D eigenvalue weighted by Gasteiger charge is 2.21. The van der Waals surface area contributed by atoms with E-state index in [1.54, 1.807) is 7.11 Å². The minimum Gasteiger partial charge on any atom is -0.497 e. The van der Waals surface area contributed by atoms with Crippen molar-refractivity contribution in [1.29, 1.82) is 0 Å². The first-order valence-corrected chi connectivity index (χ1v) is 7.70. The van der Waals surface area contributed by atoms with Crippen molar-refractivity contribution < 1.29 is 19.1 Å².